The molecule has 2 aromatic heterocycles. The van der Waals surface area contributed by atoms with E-state index in [1.54, 1.807) is 48.5 Å². The van der Waals surface area contributed by atoms with Gasteiger partial charge >= 0.3 is 0 Å². The minimum atomic E-state index is -0.436. The number of para-hydroxylation sites is 1. The van der Waals surface area contributed by atoms with Crippen LogP contribution in [0.3, 0.4) is 0 Å². The van der Waals surface area contributed by atoms with Crippen LogP contribution in [0.5, 0.6) is 0 Å². The molecule has 28 heavy (non-hydrogen) atoms. The molecule has 0 spiro atoms. The van der Waals surface area contributed by atoms with Crippen molar-refractivity contribution in [1.82, 2.24) is 19.9 Å². The molecular weight excluding hydrogens is 358 g/mol. The quantitative estimate of drug-likeness (QED) is 0.508. The van der Waals surface area contributed by atoms with Gasteiger partial charge in [0.25, 0.3) is 17.4 Å². The highest BCUT2D eigenvalue weighted by molar-refractivity contribution is 6.09. The maximum absolute atomic E-state index is 12.8. The molecule has 8 nitrogen and oxygen atoms in total. The number of hydrogen-bond donors (Lipinski definition) is 3. The van der Waals surface area contributed by atoms with Gasteiger partial charge in [-0.25, -0.2) is 4.52 Å². The Morgan fingerprint density at radius 1 is 1.11 bits per heavy atom. The molecule has 2 aromatic carbocycles. The van der Waals surface area contributed by atoms with Crippen molar-refractivity contribution in [3.8, 4) is 0 Å². The van der Waals surface area contributed by atoms with Gasteiger partial charge in [-0.15, -0.1) is 0 Å². The number of anilines is 1. The molecule has 0 aliphatic carbocycles. The Bertz CT molecular complexity index is 1270. The molecule has 3 N–H and O–H groups in total. The monoisotopic (exact) mass is 375 g/mol. The van der Waals surface area contributed by atoms with E-state index in [-0.39, 0.29) is 17.0 Å². The third-order valence-corrected chi connectivity index (χ3v) is 4.34. The first-order valence-electron chi connectivity index (χ1n) is 8.77. The molecule has 0 saturated carbocycles. The lowest BCUT2D eigenvalue weighted by molar-refractivity contribution is 0.0954. The minimum absolute atomic E-state index is 0.217. The van der Waals surface area contributed by atoms with Gasteiger partial charge in [0.2, 0.25) is 0 Å². The Morgan fingerprint density at radius 2 is 1.93 bits per heavy atom. The number of H-pyrrole nitrogens is 1. The van der Waals surface area contributed by atoms with Gasteiger partial charge in [-0.2, -0.15) is 5.10 Å². The van der Waals surface area contributed by atoms with Gasteiger partial charge < -0.3 is 15.6 Å². The second-order valence-electron chi connectivity index (χ2n) is 6.18. The average molecular weight is 375 g/mol. The summed E-state index contributed by atoms with van der Waals surface area (Å²) in [6.45, 7) is 2.35. The third kappa shape index (κ3) is 3.01. The molecule has 2 heterocycles. The minimum Gasteiger partial charge on any atom is -0.352 e. The number of rotatable bonds is 4. The van der Waals surface area contributed by atoms with E-state index in [4.69, 9.17) is 0 Å². The smallest absolute Gasteiger partial charge is 0.261 e. The van der Waals surface area contributed by atoms with E-state index in [0.717, 1.165) is 0 Å². The van der Waals surface area contributed by atoms with E-state index in [9.17, 15) is 14.4 Å². The summed E-state index contributed by atoms with van der Waals surface area (Å²) < 4.78 is 1.52. The molecule has 0 saturated heterocycles. The van der Waals surface area contributed by atoms with Crippen LogP contribution in [-0.4, -0.2) is 33.0 Å². The van der Waals surface area contributed by atoms with E-state index >= 15 is 0 Å². The Kier molecular flexibility index (Phi) is 4.36. The first-order valence-corrected chi connectivity index (χ1v) is 8.77. The predicted octanol–water partition coefficient (Wildman–Crippen LogP) is 2.18. The van der Waals surface area contributed by atoms with E-state index in [1.165, 1.54) is 10.7 Å². The summed E-state index contributed by atoms with van der Waals surface area (Å²) in [6, 6.07) is 13.7. The van der Waals surface area contributed by atoms with Crippen molar-refractivity contribution >= 4 is 34.1 Å². The fraction of sp³-hybridized carbons (Fsp3) is 0.100. The summed E-state index contributed by atoms with van der Waals surface area (Å²) >= 11 is 0. The number of aromatic amines is 1. The van der Waals surface area contributed by atoms with Crippen LogP contribution in [0, 0.1) is 0 Å². The molecule has 0 fully saturated rings. The van der Waals surface area contributed by atoms with Crippen molar-refractivity contribution in [2.24, 2.45) is 0 Å². The zero-order chi connectivity index (χ0) is 19.7. The highest BCUT2D eigenvalue weighted by Gasteiger charge is 2.17. The lowest BCUT2D eigenvalue weighted by Gasteiger charge is -2.07. The van der Waals surface area contributed by atoms with Gasteiger partial charge in [0.1, 0.15) is 11.2 Å². The Hall–Kier alpha value is -3.94. The number of carbonyl (C=O) groups is 2. The van der Waals surface area contributed by atoms with Crippen molar-refractivity contribution in [2.45, 2.75) is 6.92 Å². The number of fused-ring (bicyclic) bond motifs is 3. The summed E-state index contributed by atoms with van der Waals surface area (Å²) in [5.41, 5.74) is 1.76. The van der Waals surface area contributed by atoms with E-state index in [0.29, 0.717) is 34.3 Å². The number of carbonyl (C=O) groups excluding carboxylic acids is 2. The Morgan fingerprint density at radius 3 is 2.75 bits per heavy atom. The van der Waals surface area contributed by atoms with E-state index < -0.39 is 5.91 Å². The third-order valence-electron chi connectivity index (χ3n) is 4.34. The summed E-state index contributed by atoms with van der Waals surface area (Å²) in [5.74, 6) is -0.653. The van der Waals surface area contributed by atoms with E-state index in [1.807, 2.05) is 6.92 Å². The first-order chi connectivity index (χ1) is 13.6. The van der Waals surface area contributed by atoms with Crippen molar-refractivity contribution in [3.05, 3.63) is 76.2 Å². The van der Waals surface area contributed by atoms with Crippen molar-refractivity contribution in [3.63, 3.8) is 0 Å². The lowest BCUT2D eigenvalue weighted by Crippen LogP contribution is -2.22. The molecule has 4 rings (SSSR count). The van der Waals surface area contributed by atoms with Crippen LogP contribution in [-0.2, 0) is 0 Å². The number of nitrogens with zero attached hydrogens (tertiary/aromatic N) is 2. The highest BCUT2D eigenvalue weighted by atomic mass is 16.2. The van der Waals surface area contributed by atoms with Gasteiger partial charge in [0.15, 0.2) is 0 Å². The van der Waals surface area contributed by atoms with Crippen molar-refractivity contribution in [2.75, 3.05) is 11.9 Å². The van der Waals surface area contributed by atoms with Crippen LogP contribution in [0.1, 0.15) is 27.6 Å². The van der Waals surface area contributed by atoms with E-state index in [2.05, 4.69) is 20.7 Å². The van der Waals surface area contributed by atoms with Crippen LogP contribution in [0.15, 0.2) is 59.5 Å². The zero-order valence-electron chi connectivity index (χ0n) is 15.0. The first kappa shape index (κ1) is 17.5. The largest absolute Gasteiger partial charge is 0.352 e. The predicted molar refractivity (Wildman–Crippen MR) is 106 cm³/mol. The zero-order valence-corrected chi connectivity index (χ0v) is 15.0. The van der Waals surface area contributed by atoms with Gasteiger partial charge in [-0.3, -0.25) is 14.4 Å². The number of nitrogens with one attached hydrogen (secondary N) is 3. The molecule has 0 aliphatic rings. The van der Waals surface area contributed by atoms with Crippen LogP contribution in [0.25, 0.3) is 16.6 Å². The standard InChI is InChI=1S/C20H17N5O3/c1-2-21-18(26)12-6-5-7-13(10-12)23-20(28)15-11-22-25-16-9-4-3-8-14(16)19(27)24-17(15)25/h3-11H,2H2,1H3,(H,21,26)(H,23,28)(H,24,27). The van der Waals surface area contributed by atoms with Crippen molar-refractivity contribution in [1.29, 1.82) is 0 Å². The van der Waals surface area contributed by atoms with Crippen LogP contribution in [0.2, 0.25) is 0 Å². The van der Waals surface area contributed by atoms with Gasteiger partial charge in [-0.1, -0.05) is 18.2 Å². The molecule has 0 aliphatic heterocycles. The lowest BCUT2D eigenvalue weighted by atomic mass is 10.2. The normalized spacial score (nSPS) is 10.9. The molecule has 0 radical (unpaired) electrons. The molecule has 0 unspecified atom stereocenters. The maximum Gasteiger partial charge on any atom is 0.261 e. The Labute approximate surface area is 159 Å². The number of benzene rings is 2. The summed E-state index contributed by atoms with van der Waals surface area (Å²) in [5, 5.41) is 10.2. The summed E-state index contributed by atoms with van der Waals surface area (Å²) in [6.07, 6.45) is 1.40. The van der Waals surface area contributed by atoms with Gasteiger partial charge in [0.05, 0.1) is 17.1 Å². The molecule has 8 heteroatoms. The molecule has 0 bridgehead atoms. The van der Waals surface area contributed by atoms with Crippen LogP contribution in [0.4, 0.5) is 5.69 Å². The highest BCUT2D eigenvalue weighted by Crippen LogP contribution is 2.17. The topological polar surface area (TPSA) is 108 Å². The fourth-order valence-corrected chi connectivity index (χ4v) is 3.04. The van der Waals surface area contributed by atoms with Crippen LogP contribution < -0.4 is 16.2 Å². The van der Waals surface area contributed by atoms with Crippen molar-refractivity contribution < 1.29 is 9.59 Å². The maximum atomic E-state index is 12.8. The molecule has 2 amide bonds. The SMILES string of the molecule is CCNC(=O)c1cccc(NC(=O)c2cnn3c2[nH]c(=O)c2ccccc23)c1. The second kappa shape index (κ2) is 6.99. The molecule has 0 atom stereocenters. The molecule has 140 valence electrons. The number of amides is 2. The van der Waals surface area contributed by atoms with Gasteiger partial charge in [-0.05, 0) is 37.3 Å². The van der Waals surface area contributed by atoms with Gasteiger partial charge in [0, 0.05) is 17.8 Å². The number of aromatic nitrogens is 3. The molecule has 4 aromatic rings. The summed E-state index contributed by atoms with van der Waals surface area (Å²) in [7, 11) is 0. The second-order valence-corrected chi connectivity index (χ2v) is 6.18. The number of hydrogen-bond acceptors (Lipinski definition) is 4. The molecular formula is C20H17N5O3. The average Bonchev–Trinajstić information content (AvgIpc) is 3.13. The Balaban J connectivity index is 1.70. The fourth-order valence-electron chi connectivity index (χ4n) is 3.04. The van der Waals surface area contributed by atoms with Crippen LogP contribution >= 0.6 is 0 Å². The summed E-state index contributed by atoms with van der Waals surface area (Å²) in [4.78, 5) is 39.8.